The Kier molecular flexibility index (Phi) is 3.30. The van der Waals surface area contributed by atoms with Crippen LogP contribution in [0.5, 0.6) is 0 Å². The molecule has 0 N–H and O–H groups in total. The molecule has 1 aromatic carbocycles. The standard InChI is InChI=1S/C13H16S/c1-2-3-5-10-12-13(14-12)11-8-6-4-7-9-11/h3-9,12-13H,2,10H2,1H3/b5-3+/t12-,13+/m0/s1. The largest absolute Gasteiger partial charge is 0.147 e. The maximum atomic E-state index is 2.32. The minimum absolute atomic E-state index is 0.762. The zero-order chi connectivity index (χ0) is 9.80. The van der Waals surface area contributed by atoms with Crippen molar-refractivity contribution >= 4 is 11.8 Å². The van der Waals surface area contributed by atoms with Gasteiger partial charge in [-0.1, -0.05) is 49.4 Å². The first-order chi connectivity index (χ1) is 6.92. The Morgan fingerprint density at radius 3 is 2.71 bits per heavy atom. The van der Waals surface area contributed by atoms with Gasteiger partial charge in [-0.05, 0) is 18.4 Å². The number of thioether (sulfide) groups is 1. The Hall–Kier alpha value is -0.690. The summed E-state index contributed by atoms with van der Waals surface area (Å²) < 4.78 is 0. The summed E-state index contributed by atoms with van der Waals surface area (Å²) in [6, 6.07) is 10.8. The van der Waals surface area contributed by atoms with Gasteiger partial charge in [0.05, 0.1) is 0 Å². The van der Waals surface area contributed by atoms with E-state index < -0.39 is 0 Å². The normalized spacial score (nSPS) is 25.5. The van der Waals surface area contributed by atoms with Gasteiger partial charge in [0.15, 0.2) is 0 Å². The summed E-state index contributed by atoms with van der Waals surface area (Å²) >= 11 is 2.09. The van der Waals surface area contributed by atoms with Gasteiger partial charge in [0, 0.05) is 10.5 Å². The van der Waals surface area contributed by atoms with Crippen LogP contribution in [-0.4, -0.2) is 5.25 Å². The highest BCUT2D eigenvalue weighted by molar-refractivity contribution is 8.07. The molecule has 0 spiro atoms. The molecule has 0 aliphatic carbocycles. The van der Waals surface area contributed by atoms with Gasteiger partial charge in [-0.3, -0.25) is 0 Å². The average molecular weight is 204 g/mol. The van der Waals surface area contributed by atoms with Crippen molar-refractivity contribution in [3.05, 3.63) is 48.0 Å². The minimum atomic E-state index is 0.762. The quantitative estimate of drug-likeness (QED) is 0.523. The van der Waals surface area contributed by atoms with Gasteiger partial charge in [-0.2, -0.15) is 0 Å². The van der Waals surface area contributed by atoms with Crippen LogP contribution < -0.4 is 0 Å². The Bertz CT molecular complexity index is 302. The first-order valence-electron chi connectivity index (χ1n) is 5.27. The molecule has 0 saturated carbocycles. The van der Waals surface area contributed by atoms with Crippen LogP contribution in [0.15, 0.2) is 42.5 Å². The second-order valence-electron chi connectivity index (χ2n) is 3.62. The van der Waals surface area contributed by atoms with Crippen molar-refractivity contribution in [3.8, 4) is 0 Å². The summed E-state index contributed by atoms with van der Waals surface area (Å²) in [5.74, 6) is 0. The van der Waals surface area contributed by atoms with Crippen LogP contribution in [0.2, 0.25) is 0 Å². The van der Waals surface area contributed by atoms with Gasteiger partial charge in [0.25, 0.3) is 0 Å². The number of benzene rings is 1. The van der Waals surface area contributed by atoms with Crippen LogP contribution in [-0.2, 0) is 0 Å². The summed E-state index contributed by atoms with van der Waals surface area (Å²) in [7, 11) is 0. The Balaban J connectivity index is 1.85. The predicted octanol–water partition coefficient (Wildman–Crippen LogP) is 4.20. The summed E-state index contributed by atoms with van der Waals surface area (Å²) in [4.78, 5) is 0. The molecule has 74 valence electrons. The molecule has 1 saturated heterocycles. The van der Waals surface area contributed by atoms with Crippen molar-refractivity contribution in [1.29, 1.82) is 0 Å². The van der Waals surface area contributed by atoms with Crippen LogP contribution in [0.4, 0.5) is 0 Å². The number of allylic oxidation sites excluding steroid dienone is 2. The summed E-state index contributed by atoms with van der Waals surface area (Å²) in [6.07, 6.45) is 6.98. The molecule has 1 aliphatic rings. The number of rotatable bonds is 4. The smallest absolute Gasteiger partial charge is 0.0422 e. The molecule has 2 rings (SSSR count). The molecule has 0 nitrogen and oxygen atoms in total. The molecule has 1 fully saturated rings. The highest BCUT2D eigenvalue weighted by Gasteiger charge is 2.37. The fraction of sp³-hybridized carbons (Fsp3) is 0.385. The van der Waals surface area contributed by atoms with Crippen LogP contribution in [0.1, 0.15) is 30.6 Å². The lowest BCUT2D eigenvalue weighted by atomic mass is 10.1. The molecule has 1 aromatic rings. The van der Waals surface area contributed by atoms with Crippen molar-refractivity contribution in [2.75, 3.05) is 0 Å². The van der Waals surface area contributed by atoms with E-state index in [1.807, 2.05) is 0 Å². The Labute approximate surface area is 90.4 Å². The summed E-state index contributed by atoms with van der Waals surface area (Å²) in [5, 5.41) is 1.60. The van der Waals surface area contributed by atoms with E-state index in [2.05, 4.69) is 61.2 Å². The van der Waals surface area contributed by atoms with Gasteiger partial charge in [0.2, 0.25) is 0 Å². The summed E-state index contributed by atoms with van der Waals surface area (Å²) in [5.41, 5.74) is 1.49. The van der Waals surface area contributed by atoms with E-state index in [1.165, 1.54) is 12.0 Å². The van der Waals surface area contributed by atoms with Crippen LogP contribution in [0.3, 0.4) is 0 Å². The first kappa shape index (κ1) is 9.85. The molecule has 1 aliphatic heterocycles. The third kappa shape index (κ3) is 2.42. The van der Waals surface area contributed by atoms with E-state index in [-0.39, 0.29) is 0 Å². The second kappa shape index (κ2) is 4.70. The van der Waals surface area contributed by atoms with Crippen LogP contribution in [0, 0.1) is 0 Å². The molecule has 0 radical (unpaired) electrons. The minimum Gasteiger partial charge on any atom is -0.147 e. The topological polar surface area (TPSA) is 0 Å². The third-order valence-electron chi connectivity index (χ3n) is 2.48. The molecule has 0 bridgehead atoms. The van der Waals surface area contributed by atoms with Crippen molar-refractivity contribution in [3.63, 3.8) is 0 Å². The third-order valence-corrected chi connectivity index (χ3v) is 3.88. The first-order valence-corrected chi connectivity index (χ1v) is 6.21. The van der Waals surface area contributed by atoms with E-state index in [1.54, 1.807) is 0 Å². The fourth-order valence-electron chi connectivity index (χ4n) is 1.66. The van der Waals surface area contributed by atoms with Gasteiger partial charge in [0.1, 0.15) is 0 Å². The Morgan fingerprint density at radius 2 is 2.00 bits per heavy atom. The highest BCUT2D eigenvalue weighted by atomic mass is 32.2. The maximum Gasteiger partial charge on any atom is 0.0422 e. The second-order valence-corrected chi connectivity index (χ2v) is 5.01. The van der Waals surface area contributed by atoms with E-state index in [0.717, 1.165) is 16.9 Å². The molecule has 2 atom stereocenters. The SMILES string of the molecule is CC/C=C/C[C@@H]1S[C@@H]1c1ccccc1. The monoisotopic (exact) mass is 204 g/mol. The predicted molar refractivity (Wildman–Crippen MR) is 64.6 cm³/mol. The van der Waals surface area contributed by atoms with Crippen molar-refractivity contribution in [1.82, 2.24) is 0 Å². The Morgan fingerprint density at radius 1 is 1.21 bits per heavy atom. The van der Waals surface area contributed by atoms with Crippen molar-refractivity contribution in [2.24, 2.45) is 0 Å². The molecular weight excluding hydrogens is 188 g/mol. The van der Waals surface area contributed by atoms with Gasteiger partial charge >= 0.3 is 0 Å². The fourth-order valence-corrected chi connectivity index (χ4v) is 2.75. The maximum absolute atomic E-state index is 2.32. The average Bonchev–Trinajstić information content (AvgIpc) is 2.99. The molecule has 1 heteroatoms. The van der Waals surface area contributed by atoms with Gasteiger partial charge in [-0.15, -0.1) is 11.8 Å². The van der Waals surface area contributed by atoms with E-state index in [0.29, 0.717) is 0 Å². The zero-order valence-electron chi connectivity index (χ0n) is 8.52. The van der Waals surface area contributed by atoms with Crippen LogP contribution in [0.25, 0.3) is 0 Å². The van der Waals surface area contributed by atoms with Gasteiger partial charge < -0.3 is 0 Å². The lowest BCUT2D eigenvalue weighted by Gasteiger charge is -1.95. The molecule has 14 heavy (non-hydrogen) atoms. The molecule has 0 aromatic heterocycles. The lowest BCUT2D eigenvalue weighted by Crippen LogP contribution is -1.85. The van der Waals surface area contributed by atoms with Gasteiger partial charge in [-0.25, -0.2) is 0 Å². The summed E-state index contributed by atoms with van der Waals surface area (Å²) in [6.45, 7) is 2.19. The molecular formula is C13H16S. The molecule has 1 heterocycles. The number of hydrogen-bond donors (Lipinski definition) is 0. The molecule has 0 amide bonds. The van der Waals surface area contributed by atoms with E-state index in [4.69, 9.17) is 0 Å². The van der Waals surface area contributed by atoms with Crippen molar-refractivity contribution < 1.29 is 0 Å². The van der Waals surface area contributed by atoms with Crippen LogP contribution >= 0.6 is 11.8 Å². The highest BCUT2D eigenvalue weighted by Crippen LogP contribution is 2.56. The zero-order valence-corrected chi connectivity index (χ0v) is 9.34. The lowest BCUT2D eigenvalue weighted by molar-refractivity contribution is 0.941. The van der Waals surface area contributed by atoms with E-state index in [9.17, 15) is 0 Å². The van der Waals surface area contributed by atoms with Crippen molar-refractivity contribution in [2.45, 2.75) is 30.3 Å². The molecule has 0 unspecified atom stereocenters. The van der Waals surface area contributed by atoms with E-state index >= 15 is 0 Å². The number of hydrogen-bond acceptors (Lipinski definition) is 1.